The first-order valence-corrected chi connectivity index (χ1v) is 3.72. The van der Waals surface area contributed by atoms with Crippen molar-refractivity contribution in [3.05, 3.63) is 35.4 Å². The molecule has 1 rings (SSSR count). The van der Waals surface area contributed by atoms with E-state index in [1.807, 2.05) is 0 Å². The minimum Gasteiger partial charge on any atom is -0.387 e. The molecule has 62 valence electrons. The lowest BCUT2D eigenvalue weighted by Gasteiger charge is -2.06. The van der Waals surface area contributed by atoms with Crippen molar-refractivity contribution in [1.29, 1.82) is 0 Å². The first kappa shape index (κ1) is 8.79. The van der Waals surface area contributed by atoms with Crippen LogP contribution in [0.25, 0.3) is 0 Å². The Labute approximate surface area is 72.0 Å². The molecule has 1 unspecified atom stereocenters. The molecule has 2 heteroatoms. The molecule has 1 aromatic carbocycles. The van der Waals surface area contributed by atoms with E-state index in [9.17, 15) is 5.11 Å². The Morgan fingerprint density at radius 2 is 2.00 bits per heavy atom. The summed E-state index contributed by atoms with van der Waals surface area (Å²) in [4.78, 5) is 0. The van der Waals surface area contributed by atoms with E-state index in [0.29, 0.717) is 0 Å². The predicted molar refractivity (Wildman–Crippen MR) is 48.4 cm³/mol. The lowest BCUT2D eigenvalue weighted by molar-refractivity contribution is 0.187. The van der Waals surface area contributed by atoms with E-state index in [-0.39, 0.29) is 6.54 Å². The molecule has 0 aliphatic heterocycles. The van der Waals surface area contributed by atoms with Gasteiger partial charge in [0.1, 0.15) is 0 Å². The molecule has 12 heavy (non-hydrogen) atoms. The molecular weight excluding hydrogens is 150 g/mol. The van der Waals surface area contributed by atoms with Crippen molar-refractivity contribution in [1.82, 2.24) is 0 Å². The fourth-order valence-electron chi connectivity index (χ4n) is 0.938. The van der Waals surface area contributed by atoms with Crippen LogP contribution in [0.1, 0.15) is 17.2 Å². The molecule has 0 spiro atoms. The number of hydrogen-bond acceptors (Lipinski definition) is 2. The van der Waals surface area contributed by atoms with Crippen molar-refractivity contribution >= 4 is 0 Å². The molecule has 0 aromatic heterocycles. The third-order valence-corrected chi connectivity index (χ3v) is 1.69. The summed E-state index contributed by atoms with van der Waals surface area (Å²) in [7, 11) is 0. The van der Waals surface area contributed by atoms with Crippen LogP contribution in [-0.2, 0) is 0 Å². The quantitative estimate of drug-likeness (QED) is 0.626. The van der Waals surface area contributed by atoms with Gasteiger partial charge in [0.2, 0.25) is 0 Å². The van der Waals surface area contributed by atoms with E-state index in [2.05, 4.69) is 5.92 Å². The minimum absolute atomic E-state index is 0.232. The summed E-state index contributed by atoms with van der Waals surface area (Å²) in [6.07, 6.45) is 4.59. The number of aliphatic hydroxyl groups excluding tert-OH is 1. The Morgan fingerprint density at radius 1 is 1.42 bits per heavy atom. The molecule has 0 radical (unpaired) electrons. The van der Waals surface area contributed by atoms with Crippen LogP contribution in [0.5, 0.6) is 0 Å². The zero-order valence-corrected chi connectivity index (χ0v) is 6.70. The van der Waals surface area contributed by atoms with E-state index >= 15 is 0 Å². The highest BCUT2D eigenvalue weighted by molar-refractivity contribution is 5.34. The Balaban J connectivity index is 2.86. The van der Waals surface area contributed by atoms with Gasteiger partial charge in [-0.25, -0.2) is 0 Å². The average Bonchev–Trinajstić information content (AvgIpc) is 2.17. The summed E-state index contributed by atoms with van der Waals surface area (Å²) in [6, 6.07) is 7.14. The second-order valence-corrected chi connectivity index (χ2v) is 2.52. The highest BCUT2D eigenvalue weighted by Crippen LogP contribution is 2.11. The molecule has 1 aromatic rings. The normalized spacial score (nSPS) is 12.1. The molecule has 0 fully saturated rings. The maximum Gasteiger partial charge on any atom is 0.0912 e. The molecule has 0 aliphatic rings. The largest absolute Gasteiger partial charge is 0.387 e. The standard InChI is InChI=1S/C10H11NO/c1-2-8-3-5-9(6-4-8)10(12)7-11/h1,3-6,10,12H,7,11H2. The fraction of sp³-hybridized carbons (Fsp3) is 0.200. The second kappa shape index (κ2) is 3.91. The highest BCUT2D eigenvalue weighted by atomic mass is 16.3. The maximum atomic E-state index is 9.32. The molecule has 1 atom stereocenters. The SMILES string of the molecule is C#Cc1ccc(C(O)CN)cc1. The van der Waals surface area contributed by atoms with Gasteiger partial charge in [-0.15, -0.1) is 6.42 Å². The first-order chi connectivity index (χ1) is 5.77. The fourth-order valence-corrected chi connectivity index (χ4v) is 0.938. The zero-order chi connectivity index (χ0) is 8.97. The van der Waals surface area contributed by atoms with Crippen LogP contribution in [-0.4, -0.2) is 11.7 Å². The van der Waals surface area contributed by atoms with Crippen molar-refractivity contribution in [2.24, 2.45) is 5.73 Å². The molecule has 0 amide bonds. The van der Waals surface area contributed by atoms with E-state index in [4.69, 9.17) is 12.2 Å². The van der Waals surface area contributed by atoms with Gasteiger partial charge in [0.05, 0.1) is 6.10 Å². The van der Waals surface area contributed by atoms with Crippen molar-refractivity contribution in [3.63, 3.8) is 0 Å². The average molecular weight is 161 g/mol. The third-order valence-electron chi connectivity index (χ3n) is 1.69. The highest BCUT2D eigenvalue weighted by Gasteiger charge is 2.02. The number of aliphatic hydroxyl groups is 1. The van der Waals surface area contributed by atoms with Crippen molar-refractivity contribution in [3.8, 4) is 12.3 Å². The van der Waals surface area contributed by atoms with E-state index in [0.717, 1.165) is 11.1 Å². The predicted octanol–water partition coefficient (Wildman–Crippen LogP) is 0.660. The van der Waals surface area contributed by atoms with Gasteiger partial charge in [0, 0.05) is 12.1 Å². The lowest BCUT2D eigenvalue weighted by Crippen LogP contribution is -2.11. The Bertz CT molecular complexity index is 284. The Kier molecular flexibility index (Phi) is 2.87. The van der Waals surface area contributed by atoms with Crippen LogP contribution in [0.4, 0.5) is 0 Å². The monoisotopic (exact) mass is 161 g/mol. The molecule has 0 heterocycles. The van der Waals surface area contributed by atoms with Gasteiger partial charge in [0.25, 0.3) is 0 Å². The molecule has 3 N–H and O–H groups in total. The number of terminal acetylenes is 1. The van der Waals surface area contributed by atoms with Crippen LogP contribution in [0, 0.1) is 12.3 Å². The van der Waals surface area contributed by atoms with Gasteiger partial charge in [-0.3, -0.25) is 0 Å². The summed E-state index contributed by atoms with van der Waals surface area (Å²) >= 11 is 0. The van der Waals surface area contributed by atoms with Crippen molar-refractivity contribution in [2.45, 2.75) is 6.10 Å². The van der Waals surface area contributed by atoms with E-state index < -0.39 is 6.10 Å². The smallest absolute Gasteiger partial charge is 0.0912 e. The summed E-state index contributed by atoms with van der Waals surface area (Å²) in [5.74, 6) is 2.50. The van der Waals surface area contributed by atoms with Crippen LogP contribution < -0.4 is 5.73 Å². The second-order valence-electron chi connectivity index (χ2n) is 2.52. The first-order valence-electron chi connectivity index (χ1n) is 3.72. The Morgan fingerprint density at radius 3 is 2.42 bits per heavy atom. The zero-order valence-electron chi connectivity index (χ0n) is 6.70. The molecule has 0 bridgehead atoms. The molecule has 0 saturated heterocycles. The van der Waals surface area contributed by atoms with Gasteiger partial charge in [-0.2, -0.15) is 0 Å². The van der Waals surface area contributed by atoms with Gasteiger partial charge in [0.15, 0.2) is 0 Å². The van der Waals surface area contributed by atoms with Crippen molar-refractivity contribution < 1.29 is 5.11 Å². The lowest BCUT2D eigenvalue weighted by atomic mass is 10.1. The Hall–Kier alpha value is -1.30. The molecule has 0 saturated carbocycles. The third kappa shape index (κ3) is 1.85. The summed E-state index contributed by atoms with van der Waals surface area (Å²) in [6.45, 7) is 0.232. The number of rotatable bonds is 2. The van der Waals surface area contributed by atoms with Gasteiger partial charge in [-0.05, 0) is 17.7 Å². The van der Waals surface area contributed by atoms with E-state index in [1.54, 1.807) is 24.3 Å². The topological polar surface area (TPSA) is 46.2 Å². The number of hydrogen-bond donors (Lipinski definition) is 2. The van der Waals surface area contributed by atoms with E-state index in [1.165, 1.54) is 0 Å². The summed E-state index contributed by atoms with van der Waals surface area (Å²) in [5.41, 5.74) is 6.89. The molecule has 0 aliphatic carbocycles. The van der Waals surface area contributed by atoms with Crippen LogP contribution in [0.15, 0.2) is 24.3 Å². The minimum atomic E-state index is -0.586. The summed E-state index contributed by atoms with van der Waals surface area (Å²) in [5, 5.41) is 9.32. The summed E-state index contributed by atoms with van der Waals surface area (Å²) < 4.78 is 0. The number of benzene rings is 1. The van der Waals surface area contributed by atoms with Gasteiger partial charge < -0.3 is 10.8 Å². The molecular formula is C10H11NO. The van der Waals surface area contributed by atoms with Crippen LogP contribution in [0.2, 0.25) is 0 Å². The van der Waals surface area contributed by atoms with Gasteiger partial charge in [-0.1, -0.05) is 18.1 Å². The van der Waals surface area contributed by atoms with Crippen LogP contribution in [0.3, 0.4) is 0 Å². The van der Waals surface area contributed by atoms with Crippen LogP contribution >= 0.6 is 0 Å². The molecule has 2 nitrogen and oxygen atoms in total. The van der Waals surface area contributed by atoms with Crippen molar-refractivity contribution in [2.75, 3.05) is 6.54 Å². The maximum absolute atomic E-state index is 9.32. The van der Waals surface area contributed by atoms with Gasteiger partial charge >= 0.3 is 0 Å². The number of nitrogens with two attached hydrogens (primary N) is 1.